The van der Waals surface area contributed by atoms with E-state index in [1.807, 2.05) is 41.3 Å². The summed E-state index contributed by atoms with van der Waals surface area (Å²) in [6.45, 7) is 0.707. The Kier molecular flexibility index (Phi) is 4.86. The van der Waals surface area contributed by atoms with Crippen LogP contribution in [-0.4, -0.2) is 29.6 Å². The lowest BCUT2D eigenvalue weighted by Gasteiger charge is -2.24. The van der Waals surface area contributed by atoms with Crippen LogP contribution in [0.1, 0.15) is 34.9 Å². The van der Waals surface area contributed by atoms with Gasteiger partial charge in [-0.3, -0.25) is 4.79 Å². The maximum absolute atomic E-state index is 13.0. The van der Waals surface area contributed by atoms with Gasteiger partial charge in [0.15, 0.2) is 11.5 Å². The summed E-state index contributed by atoms with van der Waals surface area (Å²) in [5.74, 6) is 1.24. The van der Waals surface area contributed by atoms with E-state index in [1.165, 1.54) is 0 Å². The second kappa shape index (κ2) is 7.45. The molecule has 1 saturated heterocycles. The number of hydrogen-bond acceptors (Lipinski definition) is 4. The van der Waals surface area contributed by atoms with Crippen molar-refractivity contribution in [2.24, 2.45) is 0 Å². The number of amides is 1. The second-order valence-electron chi connectivity index (χ2n) is 6.51. The molecule has 1 aliphatic heterocycles. The first-order valence-corrected chi connectivity index (χ1v) is 9.21. The molecule has 6 heteroatoms. The van der Waals surface area contributed by atoms with Gasteiger partial charge in [-0.2, -0.15) is 0 Å². The lowest BCUT2D eigenvalue weighted by Crippen LogP contribution is -2.30. The van der Waals surface area contributed by atoms with Crippen molar-refractivity contribution in [1.29, 1.82) is 0 Å². The summed E-state index contributed by atoms with van der Waals surface area (Å²) >= 11 is 5.92. The molecule has 0 spiro atoms. The molecule has 0 saturated carbocycles. The lowest BCUT2D eigenvalue weighted by atomic mass is 10.0. The van der Waals surface area contributed by atoms with Crippen molar-refractivity contribution in [2.45, 2.75) is 18.9 Å². The largest absolute Gasteiger partial charge is 0.497 e. The van der Waals surface area contributed by atoms with E-state index in [-0.39, 0.29) is 11.9 Å². The van der Waals surface area contributed by atoms with Gasteiger partial charge in [0.1, 0.15) is 5.75 Å². The van der Waals surface area contributed by atoms with Gasteiger partial charge in [-0.1, -0.05) is 28.9 Å². The number of ether oxygens (including phenoxy) is 1. The summed E-state index contributed by atoms with van der Waals surface area (Å²) in [6.07, 6.45) is 1.89. The van der Waals surface area contributed by atoms with E-state index in [2.05, 4.69) is 5.16 Å². The highest BCUT2D eigenvalue weighted by molar-refractivity contribution is 6.30. The minimum atomic E-state index is -0.114. The fourth-order valence-corrected chi connectivity index (χ4v) is 3.58. The first-order chi connectivity index (χ1) is 13.2. The van der Waals surface area contributed by atoms with Crippen LogP contribution in [0.15, 0.2) is 59.1 Å². The third-order valence-electron chi connectivity index (χ3n) is 4.87. The van der Waals surface area contributed by atoms with Gasteiger partial charge < -0.3 is 14.2 Å². The van der Waals surface area contributed by atoms with Gasteiger partial charge in [0.05, 0.1) is 13.2 Å². The van der Waals surface area contributed by atoms with Crippen LogP contribution in [0.4, 0.5) is 0 Å². The highest BCUT2D eigenvalue weighted by Gasteiger charge is 2.32. The number of carbonyl (C=O) groups is 1. The van der Waals surface area contributed by atoms with Gasteiger partial charge in [0, 0.05) is 23.2 Å². The molecule has 4 rings (SSSR count). The van der Waals surface area contributed by atoms with Gasteiger partial charge in [-0.25, -0.2) is 0 Å². The molecule has 1 fully saturated rings. The highest BCUT2D eigenvalue weighted by Crippen LogP contribution is 2.34. The molecule has 0 bridgehead atoms. The van der Waals surface area contributed by atoms with Crippen molar-refractivity contribution in [3.05, 3.63) is 70.9 Å². The molecule has 0 aliphatic carbocycles. The van der Waals surface area contributed by atoms with E-state index in [0.29, 0.717) is 23.0 Å². The minimum absolute atomic E-state index is 0.0408. The number of benzene rings is 2. The van der Waals surface area contributed by atoms with Gasteiger partial charge >= 0.3 is 0 Å². The molecule has 1 amide bonds. The first kappa shape index (κ1) is 17.6. The summed E-state index contributed by atoms with van der Waals surface area (Å²) < 4.78 is 10.6. The fraction of sp³-hybridized carbons (Fsp3) is 0.238. The normalized spacial score (nSPS) is 16.5. The topological polar surface area (TPSA) is 55.6 Å². The van der Waals surface area contributed by atoms with Gasteiger partial charge in [-0.05, 0) is 54.8 Å². The summed E-state index contributed by atoms with van der Waals surface area (Å²) in [5.41, 5.74) is 2.25. The predicted molar refractivity (Wildman–Crippen MR) is 103 cm³/mol. The average Bonchev–Trinajstić information content (AvgIpc) is 3.38. The number of carbonyl (C=O) groups excluding carboxylic acids is 1. The van der Waals surface area contributed by atoms with E-state index in [9.17, 15) is 4.79 Å². The van der Waals surface area contributed by atoms with Crippen molar-refractivity contribution in [2.75, 3.05) is 13.7 Å². The van der Waals surface area contributed by atoms with Crippen molar-refractivity contribution < 1.29 is 14.1 Å². The van der Waals surface area contributed by atoms with Gasteiger partial charge in [0.2, 0.25) is 0 Å². The SMILES string of the molecule is COc1ccc([C@@H]2CCCN2C(=O)c2cc(-c3ccc(Cl)cc3)on2)cc1. The summed E-state index contributed by atoms with van der Waals surface area (Å²) in [4.78, 5) is 14.9. The quantitative estimate of drug-likeness (QED) is 0.638. The Bertz CT molecular complexity index is 935. The van der Waals surface area contributed by atoms with Crippen LogP contribution >= 0.6 is 11.6 Å². The Hall–Kier alpha value is -2.79. The zero-order valence-corrected chi connectivity index (χ0v) is 15.6. The number of methoxy groups -OCH3 is 1. The molecule has 0 unspecified atom stereocenters. The molecular weight excluding hydrogens is 364 g/mol. The van der Waals surface area contributed by atoms with Gasteiger partial charge in [-0.15, -0.1) is 0 Å². The molecular formula is C21H19ClN2O3. The van der Waals surface area contributed by atoms with Crippen LogP contribution in [0, 0.1) is 0 Å². The Morgan fingerprint density at radius 2 is 1.93 bits per heavy atom. The van der Waals surface area contributed by atoms with Gasteiger partial charge in [0.25, 0.3) is 5.91 Å². The highest BCUT2D eigenvalue weighted by atomic mass is 35.5. The molecule has 2 heterocycles. The Balaban J connectivity index is 1.55. The number of hydrogen-bond donors (Lipinski definition) is 0. The van der Waals surface area contributed by atoms with E-state index in [4.69, 9.17) is 20.9 Å². The average molecular weight is 383 g/mol. The zero-order chi connectivity index (χ0) is 18.8. The number of aromatic nitrogens is 1. The van der Waals surface area contributed by atoms with Crippen molar-refractivity contribution in [1.82, 2.24) is 10.1 Å². The lowest BCUT2D eigenvalue weighted by molar-refractivity contribution is 0.0725. The number of halogens is 1. The predicted octanol–water partition coefficient (Wildman–Crippen LogP) is 4.98. The maximum atomic E-state index is 13.0. The molecule has 1 aliphatic rings. The maximum Gasteiger partial charge on any atom is 0.276 e. The summed E-state index contributed by atoms with van der Waals surface area (Å²) in [6, 6.07) is 16.8. The Morgan fingerprint density at radius 3 is 2.63 bits per heavy atom. The zero-order valence-electron chi connectivity index (χ0n) is 14.9. The van der Waals surface area contributed by atoms with E-state index in [1.54, 1.807) is 25.3 Å². The fourth-order valence-electron chi connectivity index (χ4n) is 3.46. The smallest absolute Gasteiger partial charge is 0.276 e. The molecule has 0 radical (unpaired) electrons. The third kappa shape index (κ3) is 3.55. The van der Waals surface area contributed by atoms with Crippen LogP contribution < -0.4 is 4.74 Å². The third-order valence-corrected chi connectivity index (χ3v) is 5.12. The van der Waals surface area contributed by atoms with Crippen LogP contribution in [-0.2, 0) is 0 Å². The van der Waals surface area contributed by atoms with Crippen LogP contribution in [0.3, 0.4) is 0 Å². The van der Waals surface area contributed by atoms with Crippen LogP contribution in [0.5, 0.6) is 5.75 Å². The molecule has 1 aromatic heterocycles. The van der Waals surface area contributed by atoms with Crippen molar-refractivity contribution in [3.8, 4) is 17.1 Å². The standard InChI is InChI=1S/C21H19ClN2O3/c1-26-17-10-6-14(7-11-17)19-3-2-12-24(19)21(25)18-13-20(27-23-18)15-4-8-16(22)9-5-15/h4-11,13,19H,2-3,12H2,1H3/t19-/m0/s1. The van der Waals surface area contributed by atoms with Crippen LogP contribution in [0.25, 0.3) is 11.3 Å². The van der Waals surface area contributed by atoms with E-state index in [0.717, 1.165) is 29.7 Å². The molecule has 138 valence electrons. The van der Waals surface area contributed by atoms with E-state index < -0.39 is 0 Å². The van der Waals surface area contributed by atoms with E-state index >= 15 is 0 Å². The summed E-state index contributed by atoms with van der Waals surface area (Å²) in [7, 11) is 1.64. The first-order valence-electron chi connectivity index (χ1n) is 8.83. The molecule has 2 aromatic carbocycles. The number of nitrogens with zero attached hydrogens (tertiary/aromatic N) is 2. The number of likely N-dealkylation sites (tertiary alicyclic amines) is 1. The molecule has 0 N–H and O–H groups in total. The van der Waals surface area contributed by atoms with Crippen molar-refractivity contribution in [3.63, 3.8) is 0 Å². The monoisotopic (exact) mass is 382 g/mol. The molecule has 1 atom stereocenters. The Morgan fingerprint density at radius 1 is 1.19 bits per heavy atom. The van der Waals surface area contributed by atoms with Crippen LogP contribution in [0.2, 0.25) is 5.02 Å². The minimum Gasteiger partial charge on any atom is -0.497 e. The Labute approximate surface area is 162 Å². The number of rotatable bonds is 4. The molecule has 27 heavy (non-hydrogen) atoms. The molecule has 5 nitrogen and oxygen atoms in total. The second-order valence-corrected chi connectivity index (χ2v) is 6.95. The van der Waals surface area contributed by atoms with Crippen molar-refractivity contribution >= 4 is 17.5 Å². The molecule has 3 aromatic rings. The summed E-state index contributed by atoms with van der Waals surface area (Å²) in [5, 5.41) is 4.64.